The molecule has 0 saturated heterocycles. The molecule has 10 aliphatic carbocycles. The topological polar surface area (TPSA) is 0 Å². The molecule has 9 unspecified atom stereocenters. The van der Waals surface area contributed by atoms with Crippen LogP contribution in [0.25, 0.3) is 0 Å². The Morgan fingerprint density at radius 3 is 1.03 bits per heavy atom. The summed E-state index contributed by atoms with van der Waals surface area (Å²) >= 11 is 3.35. The summed E-state index contributed by atoms with van der Waals surface area (Å²) in [6.07, 6.45) is 28.9. The van der Waals surface area contributed by atoms with E-state index in [0.29, 0.717) is 0 Å². The van der Waals surface area contributed by atoms with Crippen LogP contribution in [0.5, 0.6) is 0 Å². The lowest BCUT2D eigenvalue weighted by molar-refractivity contribution is 0.528. The quantitative estimate of drug-likeness (QED) is 0.158. The van der Waals surface area contributed by atoms with Crippen LogP contribution >= 0.6 is 15.9 Å². The summed E-state index contributed by atoms with van der Waals surface area (Å²) in [7, 11) is 0. The van der Waals surface area contributed by atoms with Crippen LogP contribution in [0.4, 0.5) is 0 Å². The number of rotatable bonds is 3. The number of fused-ring (bicyclic) bond motifs is 6. The Hall–Kier alpha value is -4.46. The summed E-state index contributed by atoms with van der Waals surface area (Å²) in [6.45, 7) is 10.7. The van der Waals surface area contributed by atoms with Crippen LogP contribution in [0.3, 0.4) is 0 Å². The number of aryl methyl sites for hydroxylation is 5. The minimum atomic E-state index is 0.810. The third kappa shape index (κ3) is 11.0. The van der Waals surface area contributed by atoms with E-state index in [2.05, 4.69) is 196 Å². The molecular formula is C63H71Br. The molecule has 0 heterocycles. The van der Waals surface area contributed by atoms with Crippen LogP contribution in [0.2, 0.25) is 0 Å². The van der Waals surface area contributed by atoms with Gasteiger partial charge < -0.3 is 0 Å². The number of allylic oxidation sites excluding steroid dienone is 8. The van der Waals surface area contributed by atoms with Crippen LogP contribution in [0.1, 0.15) is 107 Å². The summed E-state index contributed by atoms with van der Waals surface area (Å²) in [5.41, 5.74) is 11.5. The third-order valence-electron chi connectivity index (χ3n) is 16.2. The highest BCUT2D eigenvalue weighted by atomic mass is 79.9. The van der Waals surface area contributed by atoms with Crippen LogP contribution < -0.4 is 0 Å². The second kappa shape index (κ2) is 20.4. The van der Waals surface area contributed by atoms with Crippen LogP contribution in [-0.4, -0.2) is 0 Å². The first-order valence-electron chi connectivity index (χ1n) is 24.8. The standard InChI is InChI=1S/3C14H16.C7H7Br.2C7H8/c1-8-2-4-9(5-3-8)13-10-6-11-12(7-10)14(11)13;2*1-10-2-5-12(6-3-10)14-9-11-4-7-13(14)8-11;1-6-2-4-7(8)5-3-6;1-2-7-4-3-6(1)5-7;1-7-5-3-2-4-6-7/h2-5,10-14H,6-7H2,1H3;2*2-7,11,13-14H,8-9H2,1H3;2-5H,1H3;1-4,6-7H,5H2;2-6H,1H3. The van der Waals surface area contributed by atoms with Gasteiger partial charge in [0.2, 0.25) is 0 Å². The zero-order valence-electron chi connectivity index (χ0n) is 39.1. The molecule has 0 aliphatic heterocycles. The van der Waals surface area contributed by atoms with Crippen molar-refractivity contribution in [2.24, 2.45) is 59.2 Å². The van der Waals surface area contributed by atoms with Crippen LogP contribution in [-0.2, 0) is 0 Å². The van der Waals surface area contributed by atoms with Gasteiger partial charge in [-0.25, -0.2) is 0 Å². The first kappa shape index (κ1) is 44.7. The minimum Gasteiger partial charge on any atom is -0.0851 e. The Balaban J connectivity index is 0.0000000998. The van der Waals surface area contributed by atoms with Gasteiger partial charge in [0, 0.05) is 4.47 Å². The number of hydrogen-bond acceptors (Lipinski definition) is 0. The van der Waals surface area contributed by atoms with Crippen molar-refractivity contribution in [3.05, 3.63) is 225 Å². The van der Waals surface area contributed by atoms with Gasteiger partial charge in [-0.15, -0.1) is 0 Å². The van der Waals surface area contributed by atoms with Gasteiger partial charge in [0.25, 0.3) is 0 Å². The molecule has 0 nitrogen and oxygen atoms in total. The summed E-state index contributed by atoms with van der Waals surface area (Å²) in [5, 5.41) is 0. The fraction of sp³-hybridized carbons (Fsp3) is 0.397. The maximum atomic E-state index is 3.35. The van der Waals surface area contributed by atoms with Crippen molar-refractivity contribution < 1.29 is 0 Å². The van der Waals surface area contributed by atoms with E-state index >= 15 is 0 Å². The molecule has 0 N–H and O–H groups in total. The second-order valence-corrected chi connectivity index (χ2v) is 21.9. The predicted molar refractivity (Wildman–Crippen MR) is 276 cm³/mol. The van der Waals surface area contributed by atoms with Crippen molar-refractivity contribution >= 4 is 15.9 Å². The molecule has 330 valence electrons. The second-order valence-electron chi connectivity index (χ2n) is 21.0. The summed E-state index contributed by atoms with van der Waals surface area (Å²) in [5.74, 6) is 12.1. The van der Waals surface area contributed by atoms with Crippen molar-refractivity contribution in [1.29, 1.82) is 0 Å². The summed E-state index contributed by atoms with van der Waals surface area (Å²) in [4.78, 5) is 0. The van der Waals surface area contributed by atoms with Gasteiger partial charge in [-0.05, 0) is 185 Å². The third-order valence-corrected chi connectivity index (χ3v) is 16.7. The van der Waals surface area contributed by atoms with Gasteiger partial charge in [0.05, 0.1) is 0 Å². The van der Waals surface area contributed by atoms with Crippen molar-refractivity contribution in [2.75, 3.05) is 0 Å². The summed E-state index contributed by atoms with van der Waals surface area (Å²) < 4.78 is 1.14. The van der Waals surface area contributed by atoms with Crippen molar-refractivity contribution in [3.63, 3.8) is 0 Å². The van der Waals surface area contributed by atoms with E-state index in [1.54, 1.807) is 29.5 Å². The fourth-order valence-corrected chi connectivity index (χ4v) is 13.0. The van der Waals surface area contributed by atoms with E-state index in [-0.39, 0.29) is 0 Å². The lowest BCUT2D eigenvalue weighted by Crippen LogP contribution is -2.04. The van der Waals surface area contributed by atoms with Crippen molar-refractivity contribution in [3.8, 4) is 0 Å². The van der Waals surface area contributed by atoms with Gasteiger partial charge in [0.1, 0.15) is 0 Å². The molecule has 0 spiro atoms. The molecule has 6 saturated carbocycles. The average molecular weight is 908 g/mol. The molecule has 5 aromatic carbocycles. The average Bonchev–Trinajstić information content (AvgIpc) is 4.18. The van der Waals surface area contributed by atoms with E-state index in [0.717, 1.165) is 81.4 Å². The number of benzene rings is 5. The van der Waals surface area contributed by atoms with Gasteiger partial charge in [-0.1, -0.05) is 208 Å². The van der Waals surface area contributed by atoms with Crippen molar-refractivity contribution in [2.45, 2.75) is 97.3 Å². The first-order valence-corrected chi connectivity index (χ1v) is 25.6. The molecule has 10 bridgehead atoms. The highest BCUT2D eigenvalue weighted by Gasteiger charge is 2.68. The first-order chi connectivity index (χ1) is 31.1. The Morgan fingerprint density at radius 1 is 0.359 bits per heavy atom. The molecule has 15 rings (SSSR count). The zero-order valence-corrected chi connectivity index (χ0v) is 40.7. The van der Waals surface area contributed by atoms with Crippen LogP contribution in [0, 0.1) is 93.8 Å². The molecular weight excluding hydrogens is 837 g/mol. The number of halogens is 1. The predicted octanol–water partition coefficient (Wildman–Crippen LogP) is 17.2. The van der Waals surface area contributed by atoms with Gasteiger partial charge >= 0.3 is 0 Å². The van der Waals surface area contributed by atoms with Crippen molar-refractivity contribution in [1.82, 2.24) is 0 Å². The highest BCUT2D eigenvalue weighted by molar-refractivity contribution is 9.10. The molecule has 1 heteroatoms. The Kier molecular flexibility index (Phi) is 14.2. The molecule has 5 aromatic rings. The fourth-order valence-electron chi connectivity index (χ4n) is 12.7. The molecule has 0 aromatic heterocycles. The molecule has 0 amide bonds. The van der Waals surface area contributed by atoms with Crippen LogP contribution in [0.15, 0.2) is 180 Å². The summed E-state index contributed by atoms with van der Waals surface area (Å²) in [6, 6.07) is 46.0. The maximum absolute atomic E-state index is 3.35. The lowest BCUT2D eigenvalue weighted by atomic mass is 9.87. The molecule has 10 aliphatic rings. The van der Waals surface area contributed by atoms with Gasteiger partial charge in [-0.2, -0.15) is 0 Å². The Bertz CT molecular complexity index is 2240. The Labute approximate surface area is 395 Å². The monoisotopic (exact) mass is 906 g/mol. The van der Waals surface area contributed by atoms with E-state index in [4.69, 9.17) is 0 Å². The molecule has 6 fully saturated rings. The van der Waals surface area contributed by atoms with E-state index in [1.165, 1.54) is 59.9 Å². The highest BCUT2D eigenvalue weighted by Crippen LogP contribution is 2.76. The lowest BCUT2D eigenvalue weighted by Gasteiger charge is -2.18. The van der Waals surface area contributed by atoms with E-state index in [9.17, 15) is 0 Å². The van der Waals surface area contributed by atoms with Gasteiger partial charge in [-0.3, -0.25) is 0 Å². The largest absolute Gasteiger partial charge is 0.0851 e. The van der Waals surface area contributed by atoms with Gasteiger partial charge in [0.15, 0.2) is 0 Å². The Morgan fingerprint density at radius 2 is 0.750 bits per heavy atom. The minimum absolute atomic E-state index is 0.810. The SMILES string of the molecule is C1=CC2C=CC1C2.Cc1ccc(Br)cc1.Cc1ccc(C2C3CC4C(C3)C42)cc1.Cc1ccc(C2CC3C=CC2C3)cc1.Cc1ccc(C2CC3C=CC2C3)cc1.Cc1ccccc1. The zero-order chi connectivity index (χ0) is 44.2. The molecule has 9 atom stereocenters. The normalized spacial score (nSPS) is 32.0. The van der Waals surface area contributed by atoms with E-state index in [1.807, 2.05) is 30.3 Å². The maximum Gasteiger partial charge on any atom is 0.0175 e. The van der Waals surface area contributed by atoms with E-state index < -0.39 is 0 Å². The molecule has 64 heavy (non-hydrogen) atoms. The molecule has 0 radical (unpaired) electrons. The smallest absolute Gasteiger partial charge is 0.0175 e. The number of hydrogen-bond donors (Lipinski definition) is 0.